The van der Waals surface area contributed by atoms with Crippen molar-refractivity contribution in [3.05, 3.63) is 64.7 Å². The Hall–Kier alpha value is -2.36. The molecule has 3 nitrogen and oxygen atoms in total. The molecule has 4 heteroatoms. The van der Waals surface area contributed by atoms with Crippen LogP contribution in [0.15, 0.2) is 41.5 Å². The summed E-state index contributed by atoms with van der Waals surface area (Å²) in [4.78, 5) is 21.4. The van der Waals surface area contributed by atoms with Gasteiger partial charge in [0.15, 0.2) is 0 Å². The largest absolute Gasteiger partial charge is 0.299 e. The quantitative estimate of drug-likeness (QED) is 0.798. The summed E-state index contributed by atoms with van der Waals surface area (Å²) >= 11 is 0. The number of halogens is 1. The highest BCUT2D eigenvalue weighted by Gasteiger charge is 2.28. The van der Waals surface area contributed by atoms with Crippen molar-refractivity contribution in [2.24, 2.45) is 10.9 Å². The van der Waals surface area contributed by atoms with E-state index in [0.717, 1.165) is 17.8 Å². The molecule has 0 amide bonds. The van der Waals surface area contributed by atoms with E-state index in [-0.39, 0.29) is 11.6 Å². The van der Waals surface area contributed by atoms with E-state index in [1.54, 1.807) is 12.1 Å². The molecule has 4 rings (SSSR count). The first-order valence-electron chi connectivity index (χ1n) is 8.98. The van der Waals surface area contributed by atoms with E-state index >= 15 is 0 Å². The van der Waals surface area contributed by atoms with Crippen molar-refractivity contribution >= 4 is 11.5 Å². The molecule has 0 unspecified atom stereocenters. The van der Waals surface area contributed by atoms with Crippen molar-refractivity contribution in [2.45, 2.75) is 45.1 Å². The highest BCUT2D eigenvalue weighted by molar-refractivity contribution is 6.05. The van der Waals surface area contributed by atoms with E-state index in [9.17, 15) is 9.18 Å². The number of pyridine rings is 1. The first-order chi connectivity index (χ1) is 12.2. The van der Waals surface area contributed by atoms with Crippen LogP contribution < -0.4 is 0 Å². The van der Waals surface area contributed by atoms with Crippen molar-refractivity contribution in [2.75, 3.05) is 0 Å². The van der Waals surface area contributed by atoms with Crippen molar-refractivity contribution in [1.82, 2.24) is 4.98 Å². The Balaban J connectivity index is 1.35. The second kappa shape index (κ2) is 6.87. The molecule has 25 heavy (non-hydrogen) atoms. The Morgan fingerprint density at radius 2 is 2.00 bits per heavy atom. The third kappa shape index (κ3) is 3.53. The molecule has 0 radical (unpaired) electrons. The van der Waals surface area contributed by atoms with Gasteiger partial charge in [0.05, 0.1) is 6.54 Å². The molecular formula is C21H21FN2O. The van der Waals surface area contributed by atoms with E-state index in [4.69, 9.17) is 4.99 Å². The number of aromatic nitrogens is 1. The van der Waals surface area contributed by atoms with Crippen LogP contribution in [0.1, 0.15) is 48.1 Å². The zero-order chi connectivity index (χ0) is 17.2. The first-order valence-corrected chi connectivity index (χ1v) is 8.98. The predicted molar refractivity (Wildman–Crippen MR) is 95.3 cm³/mol. The molecule has 1 fully saturated rings. The van der Waals surface area contributed by atoms with Crippen LogP contribution in [-0.2, 0) is 24.2 Å². The minimum absolute atomic E-state index is 0.162. The van der Waals surface area contributed by atoms with Crippen LogP contribution in [-0.4, -0.2) is 16.5 Å². The summed E-state index contributed by atoms with van der Waals surface area (Å²) in [5, 5.41) is 0. The maximum atomic E-state index is 12.9. The third-order valence-corrected chi connectivity index (χ3v) is 5.22. The van der Waals surface area contributed by atoms with Crippen LogP contribution in [0.5, 0.6) is 0 Å². The number of carbonyl (C=O) groups excluding carboxylic acids is 1. The second-order valence-electron chi connectivity index (χ2n) is 7.00. The highest BCUT2D eigenvalue weighted by Crippen LogP contribution is 2.34. The zero-order valence-electron chi connectivity index (χ0n) is 14.2. The minimum Gasteiger partial charge on any atom is -0.299 e. The lowest BCUT2D eigenvalue weighted by Gasteiger charge is -2.25. The summed E-state index contributed by atoms with van der Waals surface area (Å²) in [5.74, 6) is 0.530. The Labute approximate surface area is 147 Å². The van der Waals surface area contributed by atoms with Crippen LogP contribution >= 0.6 is 0 Å². The molecule has 2 aliphatic rings. The summed E-state index contributed by atoms with van der Waals surface area (Å²) in [6, 6.07) is 8.37. The second-order valence-corrected chi connectivity index (χ2v) is 7.00. The standard InChI is InChI=1S/C21H21FN2O/c22-17-7-4-14(5-8-17)6-9-19(25)11-18-10-16-12-24-21(15-2-1-3-15)20(16)13-23-18/h4-5,7-8,10,13,15H,1-3,6,9,11-12H2. The number of fused-ring (bicyclic) bond motifs is 1. The Morgan fingerprint density at radius 3 is 2.72 bits per heavy atom. The fraction of sp³-hybridized carbons (Fsp3) is 0.381. The molecular weight excluding hydrogens is 315 g/mol. The van der Waals surface area contributed by atoms with E-state index in [0.29, 0.717) is 25.2 Å². The van der Waals surface area contributed by atoms with Gasteiger partial charge in [-0.2, -0.15) is 0 Å². The topological polar surface area (TPSA) is 42.3 Å². The van der Waals surface area contributed by atoms with Gasteiger partial charge in [-0.15, -0.1) is 0 Å². The number of aryl methyl sites for hydroxylation is 1. The lowest BCUT2D eigenvalue weighted by molar-refractivity contribution is -0.118. The van der Waals surface area contributed by atoms with Crippen molar-refractivity contribution in [3.8, 4) is 0 Å². The van der Waals surface area contributed by atoms with Crippen LogP contribution in [0.3, 0.4) is 0 Å². The fourth-order valence-electron chi connectivity index (χ4n) is 3.52. The number of carbonyl (C=O) groups is 1. The Bertz CT molecular complexity index is 822. The van der Waals surface area contributed by atoms with Crippen molar-refractivity contribution in [3.63, 3.8) is 0 Å². The lowest BCUT2D eigenvalue weighted by atomic mass is 9.79. The molecule has 1 aromatic carbocycles. The maximum absolute atomic E-state index is 12.9. The number of hydrogen-bond donors (Lipinski definition) is 0. The molecule has 0 atom stereocenters. The molecule has 1 aliphatic carbocycles. The molecule has 1 saturated carbocycles. The maximum Gasteiger partial charge on any atom is 0.139 e. The average molecular weight is 336 g/mol. The lowest BCUT2D eigenvalue weighted by Crippen LogP contribution is -2.22. The zero-order valence-corrected chi connectivity index (χ0v) is 14.2. The van der Waals surface area contributed by atoms with Gasteiger partial charge in [0.2, 0.25) is 0 Å². The Morgan fingerprint density at radius 1 is 1.20 bits per heavy atom. The third-order valence-electron chi connectivity index (χ3n) is 5.22. The van der Waals surface area contributed by atoms with Gasteiger partial charge in [0.25, 0.3) is 0 Å². The van der Waals surface area contributed by atoms with Crippen molar-refractivity contribution in [1.29, 1.82) is 0 Å². The first kappa shape index (κ1) is 16.1. The summed E-state index contributed by atoms with van der Waals surface area (Å²) in [6.45, 7) is 0.723. The Kier molecular flexibility index (Phi) is 4.43. The summed E-state index contributed by atoms with van der Waals surface area (Å²) in [7, 11) is 0. The molecule has 0 N–H and O–H groups in total. The SMILES string of the molecule is O=C(CCc1ccc(F)cc1)Cc1cc2c(cn1)C(C1CCC1)=NC2. The predicted octanol–water partition coefficient (Wildman–Crippen LogP) is 4.07. The molecule has 1 aromatic heterocycles. The normalized spacial score (nSPS) is 16.3. The molecule has 1 aliphatic heterocycles. The molecule has 0 spiro atoms. The van der Waals surface area contributed by atoms with Gasteiger partial charge in [-0.3, -0.25) is 14.8 Å². The number of rotatable bonds is 6. The van der Waals surface area contributed by atoms with Gasteiger partial charge in [0, 0.05) is 41.9 Å². The van der Waals surface area contributed by atoms with Gasteiger partial charge in [-0.25, -0.2) is 4.39 Å². The molecule has 2 aromatic rings. The molecule has 128 valence electrons. The summed E-state index contributed by atoms with van der Waals surface area (Å²) < 4.78 is 12.9. The van der Waals surface area contributed by atoms with Crippen molar-refractivity contribution < 1.29 is 9.18 Å². The number of aliphatic imine (C=N–C) groups is 1. The fourth-order valence-corrected chi connectivity index (χ4v) is 3.52. The number of nitrogens with zero attached hydrogens (tertiary/aromatic N) is 2. The monoisotopic (exact) mass is 336 g/mol. The number of hydrogen-bond acceptors (Lipinski definition) is 3. The van der Waals surface area contributed by atoms with E-state index in [2.05, 4.69) is 4.98 Å². The van der Waals surface area contributed by atoms with E-state index < -0.39 is 0 Å². The highest BCUT2D eigenvalue weighted by atomic mass is 19.1. The van der Waals surface area contributed by atoms with Gasteiger partial charge >= 0.3 is 0 Å². The van der Waals surface area contributed by atoms with Crippen LogP contribution in [0, 0.1) is 11.7 Å². The molecule has 0 saturated heterocycles. The smallest absolute Gasteiger partial charge is 0.139 e. The minimum atomic E-state index is -0.249. The van der Waals surface area contributed by atoms with Gasteiger partial charge in [-0.1, -0.05) is 18.6 Å². The summed E-state index contributed by atoms with van der Waals surface area (Å²) in [6.07, 6.45) is 7.12. The van der Waals surface area contributed by atoms with E-state index in [1.807, 2.05) is 12.3 Å². The molecule has 0 bridgehead atoms. The number of ketones is 1. The van der Waals surface area contributed by atoms with Crippen LogP contribution in [0.4, 0.5) is 4.39 Å². The number of benzene rings is 1. The summed E-state index contributed by atoms with van der Waals surface area (Å²) in [5.41, 5.74) is 5.43. The van der Waals surface area contributed by atoms with Gasteiger partial charge in [-0.05, 0) is 48.6 Å². The van der Waals surface area contributed by atoms with Crippen LogP contribution in [0.2, 0.25) is 0 Å². The van der Waals surface area contributed by atoms with Gasteiger partial charge < -0.3 is 0 Å². The van der Waals surface area contributed by atoms with Crippen LogP contribution in [0.25, 0.3) is 0 Å². The van der Waals surface area contributed by atoms with E-state index in [1.165, 1.54) is 48.2 Å². The average Bonchev–Trinajstić information content (AvgIpc) is 2.96. The molecule has 2 heterocycles. The number of Topliss-reactive ketones (excluding diaryl/α,β-unsaturated/α-hetero) is 1. The van der Waals surface area contributed by atoms with Gasteiger partial charge in [0.1, 0.15) is 11.6 Å².